The van der Waals surface area contributed by atoms with E-state index in [1.165, 1.54) is 14.2 Å². The van der Waals surface area contributed by atoms with Crippen LogP contribution in [0.5, 0.6) is 0 Å². The molecule has 220 valence electrons. The highest BCUT2D eigenvalue weighted by molar-refractivity contribution is 9.12. The van der Waals surface area contributed by atoms with Crippen molar-refractivity contribution in [2.75, 3.05) is 27.3 Å². The van der Waals surface area contributed by atoms with E-state index in [1.54, 1.807) is 27.8 Å². The lowest BCUT2D eigenvalue weighted by Gasteiger charge is -2.34. The molecule has 0 saturated heterocycles. The fourth-order valence-corrected chi connectivity index (χ4v) is 6.98. The molecule has 0 radical (unpaired) electrons. The number of ether oxygens (including phenoxy) is 2. The Morgan fingerprint density at radius 2 is 1.27 bits per heavy atom. The lowest BCUT2D eigenvalue weighted by atomic mass is 9.74. The first kappa shape index (κ1) is 31.4. The van der Waals surface area contributed by atoms with Crippen LogP contribution in [-0.4, -0.2) is 99.9 Å². The molecule has 0 bridgehead atoms. The molecule has 2 amide bonds. The Balaban J connectivity index is 1.14. The standard InChI is InChI=1S/C25H32B2Br2N4O8/c1-38-18-12(28)8-24(20(34)16(18)26)10-14(32-40-24)22(36)30-6-4-3-5-7-31-23(37)15-11-25(41-33-15)9-13(29)19(39-2)17(27)21(25)35/h8-9,20-21,34-35H,3-7,10-11,26-27H2,1-2H3,(H,30,36)(H,31,37)/t20-,21-,24+,25+/m0/s1. The first-order chi connectivity index (χ1) is 19.5. The summed E-state index contributed by atoms with van der Waals surface area (Å²) in [5.74, 6) is 0.340. The fourth-order valence-electron chi connectivity index (χ4n) is 5.25. The van der Waals surface area contributed by atoms with E-state index in [1.807, 2.05) is 0 Å². The van der Waals surface area contributed by atoms with Gasteiger partial charge in [0.1, 0.15) is 50.8 Å². The molecule has 16 heteroatoms. The zero-order valence-corrected chi connectivity index (χ0v) is 26.4. The number of halogens is 2. The highest BCUT2D eigenvalue weighted by Crippen LogP contribution is 2.42. The number of oxime groups is 2. The Labute approximate surface area is 256 Å². The van der Waals surface area contributed by atoms with Crippen LogP contribution in [0.15, 0.2) is 53.9 Å². The Bertz CT molecular complexity index is 1200. The Hall–Kier alpha value is -2.55. The molecule has 2 aliphatic heterocycles. The number of nitrogens with one attached hydrogen (secondary N) is 2. The third-order valence-electron chi connectivity index (χ3n) is 7.53. The number of aliphatic hydroxyl groups excluding tert-OH is 2. The molecule has 0 saturated carbocycles. The lowest BCUT2D eigenvalue weighted by Crippen LogP contribution is -2.46. The van der Waals surface area contributed by atoms with Crippen molar-refractivity contribution < 1.29 is 39.0 Å². The van der Waals surface area contributed by atoms with Crippen molar-refractivity contribution >= 4 is 70.8 Å². The second-order valence-corrected chi connectivity index (χ2v) is 12.0. The van der Waals surface area contributed by atoms with Crippen LogP contribution in [0.3, 0.4) is 0 Å². The lowest BCUT2D eigenvalue weighted by molar-refractivity contribution is -0.115. The summed E-state index contributed by atoms with van der Waals surface area (Å²) in [4.78, 5) is 36.3. The average molecular weight is 698 g/mol. The number of hydrogen-bond acceptors (Lipinski definition) is 10. The van der Waals surface area contributed by atoms with Gasteiger partial charge in [-0.1, -0.05) is 10.3 Å². The van der Waals surface area contributed by atoms with Crippen LogP contribution < -0.4 is 10.6 Å². The largest absolute Gasteiger partial charge is 0.496 e. The maximum Gasteiger partial charge on any atom is 0.269 e. The van der Waals surface area contributed by atoms with Gasteiger partial charge in [-0.25, -0.2) is 0 Å². The third-order valence-corrected chi connectivity index (χ3v) is 8.71. The molecule has 2 spiro atoms. The van der Waals surface area contributed by atoms with Crippen molar-refractivity contribution in [3.8, 4) is 0 Å². The van der Waals surface area contributed by atoms with Crippen molar-refractivity contribution in [3.05, 3.63) is 43.6 Å². The van der Waals surface area contributed by atoms with Crippen LogP contribution in [0.1, 0.15) is 32.1 Å². The van der Waals surface area contributed by atoms with Crippen molar-refractivity contribution in [1.82, 2.24) is 10.6 Å². The van der Waals surface area contributed by atoms with Crippen molar-refractivity contribution in [3.63, 3.8) is 0 Å². The van der Waals surface area contributed by atoms with Gasteiger partial charge in [0.25, 0.3) is 11.8 Å². The summed E-state index contributed by atoms with van der Waals surface area (Å²) in [6.07, 6.45) is 3.72. The Kier molecular flexibility index (Phi) is 9.77. The molecule has 0 fully saturated rings. The van der Waals surface area contributed by atoms with E-state index in [9.17, 15) is 19.8 Å². The number of rotatable bonds is 10. The molecule has 12 nitrogen and oxygen atoms in total. The molecule has 0 aromatic heterocycles. The summed E-state index contributed by atoms with van der Waals surface area (Å²) in [5, 5.41) is 35.1. The van der Waals surface area contributed by atoms with Crippen LogP contribution >= 0.6 is 31.9 Å². The van der Waals surface area contributed by atoms with Crippen molar-refractivity contribution in [2.45, 2.75) is 55.5 Å². The molecule has 0 aromatic carbocycles. The molecular formula is C25H32B2Br2N4O8. The molecule has 0 aromatic rings. The maximum atomic E-state index is 12.6. The monoisotopic (exact) mass is 696 g/mol. The van der Waals surface area contributed by atoms with Gasteiger partial charge in [-0.2, -0.15) is 0 Å². The number of aliphatic hydroxyl groups is 2. The highest BCUT2D eigenvalue weighted by Gasteiger charge is 2.51. The topological polar surface area (TPSA) is 160 Å². The molecule has 4 atom stereocenters. The minimum absolute atomic E-state index is 0.123. The van der Waals surface area contributed by atoms with E-state index in [2.05, 4.69) is 52.8 Å². The fraction of sp³-hybridized carbons (Fsp3) is 0.520. The summed E-state index contributed by atoms with van der Waals surface area (Å²) >= 11 is 6.86. The third kappa shape index (κ3) is 6.15. The number of amides is 2. The molecule has 2 aliphatic carbocycles. The predicted molar refractivity (Wildman–Crippen MR) is 163 cm³/mol. The zero-order chi connectivity index (χ0) is 29.9. The van der Waals surface area contributed by atoms with E-state index in [0.29, 0.717) is 57.4 Å². The Morgan fingerprint density at radius 3 is 1.63 bits per heavy atom. The molecule has 4 rings (SSSR count). The van der Waals surface area contributed by atoms with Gasteiger partial charge in [0, 0.05) is 25.9 Å². The number of allylic oxidation sites excluding steroid dienone is 2. The summed E-state index contributed by atoms with van der Waals surface area (Å²) < 4.78 is 11.9. The van der Waals surface area contributed by atoms with E-state index in [4.69, 9.17) is 19.1 Å². The van der Waals surface area contributed by atoms with Gasteiger partial charge >= 0.3 is 0 Å². The van der Waals surface area contributed by atoms with E-state index in [0.717, 1.165) is 6.42 Å². The summed E-state index contributed by atoms with van der Waals surface area (Å²) in [7, 11) is 6.51. The number of nitrogens with zero attached hydrogens (tertiary/aromatic N) is 2. The highest BCUT2D eigenvalue weighted by atomic mass is 79.9. The molecule has 4 aliphatic rings. The first-order valence-electron chi connectivity index (χ1n) is 13.2. The van der Waals surface area contributed by atoms with Crippen LogP contribution in [-0.2, 0) is 28.7 Å². The van der Waals surface area contributed by atoms with Crippen LogP contribution in [0.2, 0.25) is 0 Å². The number of carbonyl (C=O) groups is 2. The van der Waals surface area contributed by atoms with E-state index >= 15 is 0 Å². The van der Waals surface area contributed by atoms with Gasteiger partial charge < -0.3 is 40.0 Å². The normalized spacial score (nSPS) is 28.9. The smallest absolute Gasteiger partial charge is 0.269 e. The molecule has 0 unspecified atom stereocenters. The SMILES string of the molecule is BC1=C(OC)C(Br)=C[C@@]2(CC(C(=O)NCCCCCNC(=O)C3=NO[C@]4(C=C(Br)C(OC)=C(B)[C@@H]4O)C3)=NO2)[C@H]1O. The van der Waals surface area contributed by atoms with E-state index < -0.39 is 23.4 Å². The maximum absolute atomic E-state index is 12.6. The second kappa shape index (κ2) is 12.8. The minimum atomic E-state index is -1.16. The summed E-state index contributed by atoms with van der Waals surface area (Å²) in [6.45, 7) is 0.846. The van der Waals surface area contributed by atoms with Gasteiger partial charge in [0.05, 0.1) is 23.2 Å². The van der Waals surface area contributed by atoms with Gasteiger partial charge in [0.15, 0.2) is 11.2 Å². The molecule has 4 N–H and O–H groups in total. The zero-order valence-electron chi connectivity index (χ0n) is 23.3. The quantitative estimate of drug-likeness (QED) is 0.179. The number of unbranched alkanes of at least 4 members (excludes halogenated alkanes) is 2. The van der Waals surface area contributed by atoms with Gasteiger partial charge in [-0.15, -0.1) is 0 Å². The predicted octanol–water partition coefficient (Wildman–Crippen LogP) is -0.292. The minimum Gasteiger partial charge on any atom is -0.496 e. The number of carbonyl (C=O) groups excluding carboxylic acids is 2. The molecule has 41 heavy (non-hydrogen) atoms. The van der Waals surface area contributed by atoms with Crippen molar-refractivity contribution in [2.24, 2.45) is 10.3 Å². The van der Waals surface area contributed by atoms with Crippen LogP contribution in [0.25, 0.3) is 0 Å². The molecular weight excluding hydrogens is 666 g/mol. The Morgan fingerprint density at radius 1 is 0.878 bits per heavy atom. The average Bonchev–Trinajstić information content (AvgIpc) is 3.56. The van der Waals surface area contributed by atoms with Gasteiger partial charge in [0.2, 0.25) is 0 Å². The van der Waals surface area contributed by atoms with Gasteiger partial charge in [-0.3, -0.25) is 9.59 Å². The molecule has 2 heterocycles. The number of methoxy groups -OCH3 is 2. The van der Waals surface area contributed by atoms with Crippen molar-refractivity contribution in [1.29, 1.82) is 0 Å². The first-order valence-corrected chi connectivity index (χ1v) is 14.8. The summed E-state index contributed by atoms with van der Waals surface area (Å²) in [6, 6.07) is 0. The van der Waals surface area contributed by atoms with E-state index in [-0.39, 0.29) is 36.1 Å². The van der Waals surface area contributed by atoms with Gasteiger partial charge in [-0.05, 0) is 74.2 Å². The van der Waals surface area contributed by atoms with Crippen LogP contribution in [0, 0.1) is 0 Å². The summed E-state index contributed by atoms with van der Waals surface area (Å²) in [5.41, 5.74) is -0.742. The number of hydrogen-bond donors (Lipinski definition) is 4. The second-order valence-electron chi connectivity index (χ2n) is 10.3. The van der Waals surface area contributed by atoms with Crippen LogP contribution in [0.4, 0.5) is 0 Å².